The summed E-state index contributed by atoms with van der Waals surface area (Å²) in [7, 11) is -2.59. The average molecular weight is 986 g/mol. The number of carbonyl (C=O) groups excluding carboxylic acids is 4. The number of carbonyl (C=O) groups is 4. The molecule has 0 unspecified atom stereocenters. The van der Waals surface area contributed by atoms with Crippen molar-refractivity contribution >= 4 is 44.5 Å². The maximum absolute atomic E-state index is 15.4. The highest BCUT2D eigenvalue weighted by Crippen LogP contribution is 2.58. The first kappa shape index (κ1) is 51.6. The van der Waals surface area contributed by atoms with Crippen LogP contribution in [-0.4, -0.2) is 90.3 Å². The second-order valence-electron chi connectivity index (χ2n) is 20.5. The van der Waals surface area contributed by atoms with Crippen LogP contribution in [-0.2, 0) is 33.9 Å². The van der Waals surface area contributed by atoms with Crippen LogP contribution in [0.1, 0.15) is 113 Å². The number of nitrogens with zero attached hydrogens (tertiary/aromatic N) is 2. The second kappa shape index (κ2) is 19.5. The van der Waals surface area contributed by atoms with Crippen LogP contribution < -0.4 is 18.9 Å². The van der Waals surface area contributed by atoms with Crippen LogP contribution in [0, 0.1) is 34.9 Å². The van der Waals surface area contributed by atoms with Crippen LogP contribution in [0.4, 0.5) is 17.6 Å². The minimum atomic E-state index is -4.90. The van der Waals surface area contributed by atoms with Gasteiger partial charge in [-0.05, 0) is 121 Å². The van der Waals surface area contributed by atoms with E-state index in [4.69, 9.17) is 23.9 Å². The Hall–Kier alpha value is -5.26. The summed E-state index contributed by atoms with van der Waals surface area (Å²) in [6.07, 6.45) is -0.620. The Morgan fingerprint density at radius 2 is 1.75 bits per heavy atom. The van der Waals surface area contributed by atoms with E-state index in [0.29, 0.717) is 66.4 Å². The third kappa shape index (κ3) is 11.0. The summed E-state index contributed by atoms with van der Waals surface area (Å²) in [5, 5.41) is 0.517. The van der Waals surface area contributed by atoms with Crippen molar-refractivity contribution in [1.29, 1.82) is 0 Å². The number of halogens is 4. The molecule has 0 bridgehead atoms. The van der Waals surface area contributed by atoms with Crippen molar-refractivity contribution in [3.8, 4) is 28.5 Å². The summed E-state index contributed by atoms with van der Waals surface area (Å²) in [6.45, 7) is 10.2. The Morgan fingerprint density at radius 3 is 2.39 bits per heavy atom. The lowest BCUT2D eigenvalue weighted by Gasteiger charge is -2.34. The summed E-state index contributed by atoms with van der Waals surface area (Å²) in [6, 6.07) is 9.89. The van der Waals surface area contributed by atoms with Crippen LogP contribution >= 0.6 is 0 Å². The van der Waals surface area contributed by atoms with Crippen molar-refractivity contribution in [2.24, 2.45) is 29.1 Å². The highest BCUT2D eigenvalue weighted by Gasteiger charge is 2.63. The van der Waals surface area contributed by atoms with Gasteiger partial charge in [-0.3, -0.25) is 23.9 Å². The molecule has 4 aliphatic rings. The average Bonchev–Trinajstić information content (AvgIpc) is 4.15. The predicted molar refractivity (Wildman–Crippen MR) is 249 cm³/mol. The minimum Gasteiger partial charge on any atom is -0.497 e. The molecule has 2 saturated carbocycles. The minimum absolute atomic E-state index is 0.0216. The number of ketones is 1. The van der Waals surface area contributed by atoms with Gasteiger partial charge in [-0.2, -0.15) is 13.2 Å². The number of rotatable bonds is 13. The molecule has 3 aromatic rings. The molecule has 1 saturated heterocycles. The Kier molecular flexibility index (Phi) is 14.6. The van der Waals surface area contributed by atoms with Gasteiger partial charge in [0.15, 0.2) is 17.3 Å². The fraction of sp³-hybridized carbons (Fsp3) is 0.588. The quantitative estimate of drug-likeness (QED) is 0.0985. The Labute approximate surface area is 401 Å². The van der Waals surface area contributed by atoms with Gasteiger partial charge < -0.3 is 23.8 Å². The number of esters is 1. The number of sulfonamides is 1. The van der Waals surface area contributed by atoms with Gasteiger partial charge in [0.25, 0.3) is 0 Å². The normalized spacial score (nSPS) is 26.8. The number of ether oxygens (including phenoxy) is 4. The maximum atomic E-state index is 15.4. The van der Waals surface area contributed by atoms with Gasteiger partial charge in [0.1, 0.15) is 17.6 Å². The van der Waals surface area contributed by atoms with Crippen molar-refractivity contribution in [2.45, 2.75) is 147 Å². The highest BCUT2D eigenvalue weighted by molar-refractivity contribution is 7.91. The number of pyridine rings is 1. The van der Waals surface area contributed by atoms with Crippen molar-refractivity contribution < 1.29 is 64.1 Å². The Morgan fingerprint density at radius 1 is 1.03 bits per heavy atom. The van der Waals surface area contributed by atoms with Gasteiger partial charge in [-0.25, -0.2) is 17.8 Å². The number of nitrogens with one attached hydrogen (secondary N) is 1. The van der Waals surface area contributed by atoms with Gasteiger partial charge in [-0.15, -0.1) is 0 Å². The topological polar surface area (TPSA) is 168 Å². The molecular formula is C51H63F4N3O10S. The van der Waals surface area contributed by atoms with E-state index >= 15 is 9.18 Å². The smallest absolute Gasteiger partial charge is 0.427 e. The molecule has 0 spiro atoms. The van der Waals surface area contributed by atoms with E-state index in [1.807, 2.05) is 26.0 Å². The van der Waals surface area contributed by atoms with Crippen LogP contribution in [0.2, 0.25) is 0 Å². The summed E-state index contributed by atoms with van der Waals surface area (Å²) in [5.41, 5.74) is -3.17. The zero-order valence-electron chi connectivity index (χ0n) is 40.4. The molecule has 0 radical (unpaired) electrons. The molecule has 376 valence electrons. The first-order valence-electron chi connectivity index (χ1n) is 23.8. The molecule has 2 amide bonds. The zero-order valence-corrected chi connectivity index (χ0v) is 41.2. The van der Waals surface area contributed by atoms with E-state index in [1.165, 1.54) is 24.1 Å². The first-order valence-corrected chi connectivity index (χ1v) is 25.3. The van der Waals surface area contributed by atoms with Crippen LogP contribution in [0.15, 0.2) is 54.6 Å². The Balaban J connectivity index is 1.28. The molecule has 3 heterocycles. The molecule has 2 aromatic carbocycles. The standard InChI is InChI=1S/C51H63F4N3O10S/c1-9-31-20-30(4)12-10-11-13-33-26-50(33,47(62)57-69(63,64)49(7)18-19-49)27-42(59)41-23-35(28-58(41)46(61)37(31)24-45(60)68-48(5,6)51(53,54)55)67-44-25-39(56-40-22-34(65-8)15-16-36(40)44)32-14-17-43(38(52)21-32)66-29(2)3/h11,13-17,21-22,25,29-31,33,35,37,41H,9-10,12,18-20,23-24,26-28H2,1-8H3,(H,57,62)/b13-11-/t30-,31-,33-,35-,37+,41+,50-/m1/s1. The molecule has 3 fully saturated rings. The molecule has 7 atom stereocenters. The van der Waals surface area contributed by atoms with Gasteiger partial charge >= 0.3 is 12.1 Å². The van der Waals surface area contributed by atoms with Crippen molar-refractivity contribution in [1.82, 2.24) is 14.6 Å². The molecule has 2 aliphatic carbocycles. The summed E-state index contributed by atoms with van der Waals surface area (Å²) in [5.74, 6) is -5.28. The van der Waals surface area contributed by atoms with Crippen LogP contribution in [0.25, 0.3) is 22.2 Å². The number of amides is 2. The SMILES string of the molecule is CC[C@@H]1C[C@H](C)CC/C=C\[C@@H]2C[C@@]2(C(=O)NS(=O)(=O)C2(C)CC2)CC(=O)[C@@H]2C[C@@H](Oc3cc(-c4ccc(OC(C)C)c(F)c4)nc4cc(OC)ccc34)CN2C(=O)[C@H]1CC(=O)OC(C)(C)C(F)(F)F. The van der Waals surface area contributed by atoms with E-state index in [9.17, 15) is 36.0 Å². The summed E-state index contributed by atoms with van der Waals surface area (Å²) >= 11 is 0. The first-order chi connectivity index (χ1) is 32.3. The summed E-state index contributed by atoms with van der Waals surface area (Å²) < 4.78 is 108. The second-order valence-corrected chi connectivity index (χ2v) is 22.7. The lowest BCUT2D eigenvalue weighted by atomic mass is 9.79. The molecular weight excluding hydrogens is 923 g/mol. The van der Waals surface area contributed by atoms with E-state index < -0.39 is 104 Å². The molecule has 1 N–H and O–H groups in total. The molecule has 18 heteroatoms. The Bertz CT molecular complexity index is 2610. The number of aromatic nitrogens is 1. The number of hydrogen-bond donors (Lipinski definition) is 1. The van der Waals surface area contributed by atoms with E-state index in [0.717, 1.165) is 13.8 Å². The number of alkyl halides is 3. The van der Waals surface area contributed by atoms with Gasteiger partial charge in [-0.1, -0.05) is 32.4 Å². The van der Waals surface area contributed by atoms with Crippen molar-refractivity contribution in [3.63, 3.8) is 0 Å². The molecule has 7 rings (SSSR count). The van der Waals surface area contributed by atoms with Crippen molar-refractivity contribution in [3.05, 3.63) is 60.4 Å². The van der Waals surface area contributed by atoms with E-state index in [1.54, 1.807) is 51.1 Å². The van der Waals surface area contributed by atoms with E-state index in [-0.39, 0.29) is 42.9 Å². The van der Waals surface area contributed by atoms with Gasteiger partial charge in [0.2, 0.25) is 27.4 Å². The third-order valence-corrected chi connectivity index (χ3v) is 16.6. The van der Waals surface area contributed by atoms with E-state index in [2.05, 4.69) is 4.72 Å². The lowest BCUT2D eigenvalue weighted by molar-refractivity contribution is -0.257. The fourth-order valence-corrected chi connectivity index (χ4v) is 11.0. The predicted octanol–water partition coefficient (Wildman–Crippen LogP) is 9.44. The molecule has 1 aromatic heterocycles. The number of benzene rings is 2. The number of hydrogen-bond acceptors (Lipinski definition) is 11. The van der Waals surface area contributed by atoms with Gasteiger partial charge in [0, 0.05) is 35.9 Å². The highest BCUT2D eigenvalue weighted by atomic mass is 32.2. The lowest BCUT2D eigenvalue weighted by Crippen LogP contribution is -2.49. The number of allylic oxidation sites excluding steroid dienone is 2. The number of methoxy groups -OCH3 is 1. The van der Waals surface area contributed by atoms with Gasteiger partial charge in [0.05, 0.1) is 59.5 Å². The fourth-order valence-electron chi connectivity index (χ4n) is 9.64. The third-order valence-electron chi connectivity index (χ3n) is 14.4. The van der Waals surface area contributed by atoms with Crippen LogP contribution in [0.5, 0.6) is 17.2 Å². The summed E-state index contributed by atoms with van der Waals surface area (Å²) in [4.78, 5) is 64.2. The largest absolute Gasteiger partial charge is 0.497 e. The number of Topliss-reactive ketones (excluding diaryl/α,β-unsaturated/α-hetero) is 1. The van der Waals surface area contributed by atoms with Crippen LogP contribution in [0.3, 0.4) is 0 Å². The zero-order chi connectivity index (χ0) is 50.4. The monoisotopic (exact) mass is 985 g/mol. The molecule has 2 aliphatic heterocycles. The van der Waals surface area contributed by atoms with Crippen molar-refractivity contribution in [2.75, 3.05) is 13.7 Å². The maximum Gasteiger partial charge on any atom is 0.427 e. The number of fused-ring (bicyclic) bond motifs is 3. The molecule has 13 nitrogen and oxygen atoms in total. The molecule has 69 heavy (non-hydrogen) atoms.